The smallest absolute Gasteiger partial charge is 0.270 e. The Morgan fingerprint density at radius 3 is 2.49 bits per heavy atom. The van der Waals surface area contributed by atoms with Crippen LogP contribution in [0.4, 0.5) is 11.5 Å². The number of aryl methyl sites for hydroxylation is 1. The molecule has 1 aliphatic rings. The van der Waals surface area contributed by atoms with Crippen molar-refractivity contribution >= 4 is 17.4 Å². The van der Waals surface area contributed by atoms with Gasteiger partial charge in [0, 0.05) is 63.1 Å². The second-order valence-electron chi connectivity index (χ2n) is 9.08. The highest BCUT2D eigenvalue weighted by atomic mass is 16.6. The summed E-state index contributed by atoms with van der Waals surface area (Å²) in [4.78, 5) is 30.9. The maximum atomic E-state index is 13.6. The summed E-state index contributed by atoms with van der Waals surface area (Å²) in [5, 5.41) is 16.2. The maximum absolute atomic E-state index is 13.6. The number of nitrogens with zero attached hydrogens (tertiary/aromatic N) is 6. The van der Waals surface area contributed by atoms with Crippen molar-refractivity contribution in [3.05, 3.63) is 81.5 Å². The van der Waals surface area contributed by atoms with Crippen molar-refractivity contribution in [2.24, 2.45) is 0 Å². The summed E-state index contributed by atoms with van der Waals surface area (Å²) in [5.74, 6) is 0.697. The van der Waals surface area contributed by atoms with Crippen LogP contribution in [-0.4, -0.2) is 83.4 Å². The van der Waals surface area contributed by atoms with Gasteiger partial charge in [-0.3, -0.25) is 14.9 Å². The lowest BCUT2D eigenvalue weighted by atomic mass is 10.1. The minimum atomic E-state index is -0.488. The molecule has 0 N–H and O–H groups in total. The monoisotopic (exact) mass is 506 g/mol. The third-order valence-corrected chi connectivity index (χ3v) is 6.78. The van der Waals surface area contributed by atoms with Crippen LogP contribution < -0.4 is 4.90 Å². The molecular formula is C27H34N6O4. The Hall–Kier alpha value is -3.76. The van der Waals surface area contributed by atoms with Gasteiger partial charge in [-0.15, -0.1) is 0 Å². The van der Waals surface area contributed by atoms with E-state index in [4.69, 9.17) is 9.84 Å². The van der Waals surface area contributed by atoms with E-state index in [1.165, 1.54) is 18.2 Å². The first-order valence-electron chi connectivity index (χ1n) is 12.6. The summed E-state index contributed by atoms with van der Waals surface area (Å²) in [7, 11) is 1.59. The number of likely N-dealkylation sites (N-methyl/N-ethyl adjacent to an activating group) is 1. The zero-order chi connectivity index (χ0) is 26.4. The summed E-state index contributed by atoms with van der Waals surface area (Å²) in [6.07, 6.45) is 0. The average molecular weight is 507 g/mol. The van der Waals surface area contributed by atoms with Crippen LogP contribution in [0.15, 0.2) is 54.6 Å². The molecule has 1 amide bonds. The number of non-ortho nitro benzene ring substituents is 1. The van der Waals surface area contributed by atoms with Gasteiger partial charge in [0.15, 0.2) is 0 Å². The zero-order valence-electron chi connectivity index (χ0n) is 21.7. The molecule has 0 atom stereocenters. The van der Waals surface area contributed by atoms with Crippen LogP contribution in [0.3, 0.4) is 0 Å². The Kier molecular flexibility index (Phi) is 8.52. The normalized spacial score (nSPS) is 14.1. The molecule has 196 valence electrons. The molecule has 2 heterocycles. The van der Waals surface area contributed by atoms with Crippen molar-refractivity contribution in [1.82, 2.24) is 19.6 Å². The molecule has 37 heavy (non-hydrogen) atoms. The lowest BCUT2D eigenvalue weighted by Gasteiger charge is -2.36. The molecule has 3 aromatic rings. The van der Waals surface area contributed by atoms with Crippen molar-refractivity contribution in [1.29, 1.82) is 0 Å². The highest BCUT2D eigenvalue weighted by molar-refractivity contribution is 5.95. The van der Waals surface area contributed by atoms with Crippen molar-refractivity contribution in [3.8, 4) is 5.69 Å². The summed E-state index contributed by atoms with van der Waals surface area (Å²) >= 11 is 0. The number of methoxy groups -OCH3 is 1. The summed E-state index contributed by atoms with van der Waals surface area (Å²) < 4.78 is 7.27. The first kappa shape index (κ1) is 26.3. The molecule has 0 saturated carbocycles. The number of amides is 1. The number of nitro benzene ring substituents is 1. The third kappa shape index (κ3) is 5.98. The van der Waals surface area contributed by atoms with E-state index in [1.807, 2.05) is 41.9 Å². The molecule has 0 aliphatic carbocycles. The first-order valence-corrected chi connectivity index (χ1v) is 12.6. The van der Waals surface area contributed by atoms with Crippen LogP contribution in [0.25, 0.3) is 5.69 Å². The van der Waals surface area contributed by atoms with Gasteiger partial charge in [0.2, 0.25) is 0 Å². The third-order valence-electron chi connectivity index (χ3n) is 6.78. The molecular weight excluding hydrogens is 472 g/mol. The number of hydrogen-bond donors (Lipinski definition) is 0. The minimum absolute atomic E-state index is 0.111. The molecule has 2 aromatic carbocycles. The summed E-state index contributed by atoms with van der Waals surface area (Å²) in [5.41, 5.74) is 2.92. The van der Waals surface area contributed by atoms with E-state index in [9.17, 15) is 14.9 Å². The number of benzene rings is 2. The first-order chi connectivity index (χ1) is 17.9. The summed E-state index contributed by atoms with van der Waals surface area (Å²) in [6, 6.07) is 15.9. The number of hydrogen-bond acceptors (Lipinski definition) is 7. The van der Waals surface area contributed by atoms with Gasteiger partial charge in [-0.25, -0.2) is 4.68 Å². The van der Waals surface area contributed by atoms with Crippen molar-refractivity contribution in [3.63, 3.8) is 0 Å². The second-order valence-corrected chi connectivity index (χ2v) is 9.08. The van der Waals surface area contributed by atoms with Crippen molar-refractivity contribution in [2.75, 3.05) is 57.9 Å². The fourth-order valence-corrected chi connectivity index (χ4v) is 4.66. The molecule has 1 aromatic heterocycles. The highest BCUT2D eigenvalue weighted by Crippen LogP contribution is 2.30. The number of carbonyl (C=O) groups is 1. The Morgan fingerprint density at radius 2 is 1.84 bits per heavy atom. The number of carbonyl (C=O) groups excluding carboxylic acids is 1. The Balaban J connectivity index is 1.72. The lowest BCUT2D eigenvalue weighted by Crippen LogP contribution is -2.47. The van der Waals surface area contributed by atoms with E-state index in [2.05, 4.69) is 16.7 Å². The van der Waals surface area contributed by atoms with Gasteiger partial charge in [0.1, 0.15) is 5.82 Å². The quantitative estimate of drug-likeness (QED) is 0.307. The number of piperazine rings is 1. The Labute approximate surface area is 217 Å². The minimum Gasteiger partial charge on any atom is -0.383 e. The van der Waals surface area contributed by atoms with Gasteiger partial charge in [0.25, 0.3) is 11.6 Å². The van der Waals surface area contributed by atoms with Gasteiger partial charge < -0.3 is 19.4 Å². The molecule has 4 rings (SSSR count). The lowest BCUT2D eigenvalue weighted by molar-refractivity contribution is -0.384. The number of para-hydroxylation sites is 1. The van der Waals surface area contributed by atoms with Crippen molar-refractivity contribution < 1.29 is 14.5 Å². The largest absolute Gasteiger partial charge is 0.383 e. The van der Waals surface area contributed by atoms with Crippen LogP contribution in [-0.2, 0) is 11.3 Å². The number of nitro groups is 1. The van der Waals surface area contributed by atoms with E-state index < -0.39 is 4.92 Å². The van der Waals surface area contributed by atoms with E-state index in [-0.39, 0.29) is 17.2 Å². The number of ether oxygens (including phenoxy) is 1. The number of anilines is 1. The van der Waals surface area contributed by atoms with E-state index in [0.717, 1.165) is 55.5 Å². The Bertz CT molecular complexity index is 1220. The predicted molar refractivity (Wildman–Crippen MR) is 142 cm³/mol. The molecule has 0 radical (unpaired) electrons. The maximum Gasteiger partial charge on any atom is 0.270 e. The molecule has 1 saturated heterocycles. The van der Waals surface area contributed by atoms with E-state index in [1.54, 1.807) is 18.1 Å². The summed E-state index contributed by atoms with van der Waals surface area (Å²) in [6.45, 7) is 9.77. The second kappa shape index (κ2) is 12.0. The van der Waals surface area contributed by atoms with Crippen LogP contribution in [0.5, 0.6) is 0 Å². The van der Waals surface area contributed by atoms with Crippen LogP contribution in [0.2, 0.25) is 0 Å². The number of aromatic nitrogens is 2. The van der Waals surface area contributed by atoms with E-state index in [0.29, 0.717) is 19.7 Å². The predicted octanol–water partition coefficient (Wildman–Crippen LogP) is 3.52. The average Bonchev–Trinajstić information content (AvgIpc) is 3.26. The molecule has 0 spiro atoms. The molecule has 10 heteroatoms. The number of rotatable bonds is 10. The van der Waals surface area contributed by atoms with E-state index >= 15 is 0 Å². The highest BCUT2D eigenvalue weighted by Gasteiger charge is 2.28. The Morgan fingerprint density at radius 1 is 1.11 bits per heavy atom. The van der Waals surface area contributed by atoms with Crippen LogP contribution in [0, 0.1) is 17.0 Å². The zero-order valence-corrected chi connectivity index (χ0v) is 21.7. The van der Waals surface area contributed by atoms with Gasteiger partial charge in [0.05, 0.1) is 29.5 Å². The fraction of sp³-hybridized carbons (Fsp3) is 0.407. The van der Waals surface area contributed by atoms with Gasteiger partial charge in [-0.2, -0.15) is 5.10 Å². The van der Waals surface area contributed by atoms with Gasteiger partial charge in [-0.1, -0.05) is 31.2 Å². The molecule has 1 aliphatic heterocycles. The van der Waals surface area contributed by atoms with Gasteiger partial charge >= 0.3 is 0 Å². The van der Waals surface area contributed by atoms with Crippen molar-refractivity contribution in [2.45, 2.75) is 20.4 Å². The topological polar surface area (TPSA) is 97.0 Å². The molecule has 0 unspecified atom stereocenters. The fourth-order valence-electron chi connectivity index (χ4n) is 4.66. The van der Waals surface area contributed by atoms with Crippen LogP contribution >= 0.6 is 0 Å². The standard InChI is InChI=1S/C27H34N6O4/c1-4-29-13-15-30(16-14-29)26-25(21(2)28-32(26)23-10-6-5-7-11-23)20-31(17-18-37-3)27(34)22-9-8-12-24(19-22)33(35)36/h5-12,19H,4,13-18,20H2,1-3H3. The molecule has 0 bridgehead atoms. The van der Waals surface area contributed by atoms with Gasteiger partial charge in [-0.05, 0) is 31.7 Å². The molecule has 10 nitrogen and oxygen atoms in total. The van der Waals surface area contributed by atoms with Crippen LogP contribution in [0.1, 0.15) is 28.5 Å². The SMILES string of the molecule is CCN1CCN(c2c(CN(CCOC)C(=O)c3cccc([N+](=O)[O-])c3)c(C)nn2-c2ccccc2)CC1. The molecule has 1 fully saturated rings.